The summed E-state index contributed by atoms with van der Waals surface area (Å²) < 4.78 is 0. The van der Waals surface area contributed by atoms with Gasteiger partial charge in [-0.15, -0.1) is 0 Å². The van der Waals surface area contributed by atoms with Crippen molar-refractivity contribution < 1.29 is 0 Å². The Kier molecular flexibility index (Phi) is 5.77. The van der Waals surface area contributed by atoms with Gasteiger partial charge in [-0.3, -0.25) is 0 Å². The topological polar surface area (TPSA) is 15.3 Å². The second-order valence-corrected chi connectivity index (χ2v) is 5.82. The maximum Gasteiger partial charge on any atom is 0.00474 e. The quantitative estimate of drug-likeness (QED) is 0.749. The van der Waals surface area contributed by atoms with Gasteiger partial charge in [0, 0.05) is 13.1 Å². The molecule has 2 heteroatoms. The van der Waals surface area contributed by atoms with Gasteiger partial charge >= 0.3 is 0 Å². The number of hydrogen-bond acceptors (Lipinski definition) is 2. The lowest BCUT2D eigenvalue weighted by Crippen LogP contribution is -2.44. The van der Waals surface area contributed by atoms with Crippen LogP contribution in [0.2, 0.25) is 0 Å². The van der Waals surface area contributed by atoms with E-state index in [4.69, 9.17) is 0 Å². The third-order valence-corrected chi connectivity index (χ3v) is 4.35. The van der Waals surface area contributed by atoms with Crippen LogP contribution in [0.4, 0.5) is 0 Å². The Morgan fingerprint density at radius 2 is 1.88 bits per heavy atom. The van der Waals surface area contributed by atoms with Crippen molar-refractivity contribution in [1.29, 1.82) is 0 Å². The molecule has 1 aliphatic heterocycles. The van der Waals surface area contributed by atoms with Crippen molar-refractivity contribution in [2.24, 2.45) is 11.3 Å². The first-order valence-electron chi connectivity index (χ1n) is 7.00. The van der Waals surface area contributed by atoms with E-state index in [2.05, 4.69) is 38.0 Å². The SMILES string of the molecule is CCC1CCN(CC(C)(CC)CNC)CC1. The molecule has 0 bridgehead atoms. The molecule has 1 N–H and O–H groups in total. The Bertz CT molecular complexity index is 185. The molecule has 1 fully saturated rings. The van der Waals surface area contributed by atoms with Crippen LogP contribution in [0.15, 0.2) is 0 Å². The molecule has 2 nitrogen and oxygen atoms in total. The van der Waals surface area contributed by atoms with Gasteiger partial charge in [0.15, 0.2) is 0 Å². The van der Waals surface area contributed by atoms with E-state index in [9.17, 15) is 0 Å². The summed E-state index contributed by atoms with van der Waals surface area (Å²) in [4.78, 5) is 2.67. The Labute approximate surface area is 102 Å². The Morgan fingerprint density at radius 1 is 1.25 bits per heavy atom. The van der Waals surface area contributed by atoms with E-state index >= 15 is 0 Å². The van der Waals surface area contributed by atoms with Gasteiger partial charge in [0.05, 0.1) is 0 Å². The van der Waals surface area contributed by atoms with Gasteiger partial charge in [-0.1, -0.05) is 27.2 Å². The minimum Gasteiger partial charge on any atom is -0.319 e. The molecule has 1 atom stereocenters. The minimum absolute atomic E-state index is 0.452. The Hall–Kier alpha value is -0.0800. The van der Waals surface area contributed by atoms with Gasteiger partial charge in [-0.05, 0) is 50.7 Å². The molecule has 0 aromatic heterocycles. The second-order valence-electron chi connectivity index (χ2n) is 5.82. The number of piperidine rings is 1. The van der Waals surface area contributed by atoms with Gasteiger partial charge in [0.2, 0.25) is 0 Å². The molecule has 1 aliphatic rings. The van der Waals surface area contributed by atoms with Crippen molar-refractivity contribution in [3.8, 4) is 0 Å². The van der Waals surface area contributed by atoms with Crippen molar-refractivity contribution in [2.75, 3.05) is 33.2 Å². The molecule has 1 rings (SSSR count). The highest BCUT2D eigenvalue weighted by Crippen LogP contribution is 2.26. The maximum absolute atomic E-state index is 3.34. The normalized spacial score (nSPS) is 23.2. The lowest BCUT2D eigenvalue weighted by atomic mass is 9.85. The Morgan fingerprint density at radius 3 is 2.31 bits per heavy atom. The van der Waals surface area contributed by atoms with Gasteiger partial charge < -0.3 is 10.2 Å². The molecule has 0 aliphatic carbocycles. The second kappa shape index (κ2) is 6.61. The van der Waals surface area contributed by atoms with Crippen LogP contribution >= 0.6 is 0 Å². The third kappa shape index (κ3) is 4.06. The summed E-state index contributed by atoms with van der Waals surface area (Å²) in [6, 6.07) is 0. The van der Waals surface area contributed by atoms with Crippen molar-refractivity contribution in [1.82, 2.24) is 10.2 Å². The zero-order valence-corrected chi connectivity index (χ0v) is 11.7. The molecule has 1 heterocycles. The smallest absolute Gasteiger partial charge is 0.00474 e. The molecule has 0 saturated carbocycles. The summed E-state index contributed by atoms with van der Waals surface area (Å²) >= 11 is 0. The predicted octanol–water partition coefficient (Wildman–Crippen LogP) is 2.74. The molecule has 1 saturated heterocycles. The van der Waals surface area contributed by atoms with Crippen LogP contribution in [0, 0.1) is 11.3 Å². The molecular weight excluding hydrogens is 196 g/mol. The Balaban J connectivity index is 2.36. The third-order valence-electron chi connectivity index (χ3n) is 4.35. The average Bonchev–Trinajstić information content (AvgIpc) is 2.30. The molecule has 1 unspecified atom stereocenters. The largest absolute Gasteiger partial charge is 0.319 e. The molecule has 16 heavy (non-hydrogen) atoms. The standard InChI is InChI=1S/C14H30N2/c1-5-13-7-9-16(10-8-13)12-14(3,6-2)11-15-4/h13,15H,5-12H2,1-4H3. The van der Waals surface area contributed by atoms with Crippen LogP contribution < -0.4 is 5.32 Å². The fourth-order valence-electron chi connectivity index (χ4n) is 2.81. The first-order chi connectivity index (χ1) is 7.63. The van der Waals surface area contributed by atoms with Crippen molar-refractivity contribution in [3.05, 3.63) is 0 Å². The van der Waals surface area contributed by atoms with Crippen LogP contribution in [-0.2, 0) is 0 Å². The number of nitrogens with zero attached hydrogens (tertiary/aromatic N) is 1. The van der Waals surface area contributed by atoms with Gasteiger partial charge in [0.25, 0.3) is 0 Å². The monoisotopic (exact) mass is 226 g/mol. The molecule has 0 aromatic carbocycles. The van der Waals surface area contributed by atoms with Crippen LogP contribution in [0.5, 0.6) is 0 Å². The van der Waals surface area contributed by atoms with Crippen LogP contribution in [-0.4, -0.2) is 38.1 Å². The number of nitrogens with one attached hydrogen (secondary N) is 1. The molecule has 96 valence electrons. The summed E-state index contributed by atoms with van der Waals surface area (Å²) in [6.07, 6.45) is 5.46. The zero-order valence-electron chi connectivity index (χ0n) is 11.7. The first-order valence-corrected chi connectivity index (χ1v) is 7.00. The van der Waals surface area contributed by atoms with Gasteiger partial charge in [0.1, 0.15) is 0 Å². The van der Waals surface area contributed by atoms with E-state index in [0.29, 0.717) is 5.41 Å². The predicted molar refractivity (Wildman–Crippen MR) is 71.8 cm³/mol. The fraction of sp³-hybridized carbons (Fsp3) is 1.00. The van der Waals surface area contributed by atoms with E-state index in [-0.39, 0.29) is 0 Å². The van der Waals surface area contributed by atoms with E-state index < -0.39 is 0 Å². The lowest BCUT2D eigenvalue weighted by Gasteiger charge is -2.38. The lowest BCUT2D eigenvalue weighted by molar-refractivity contribution is 0.115. The summed E-state index contributed by atoms with van der Waals surface area (Å²) in [6.45, 7) is 12.1. The number of likely N-dealkylation sites (tertiary alicyclic amines) is 1. The van der Waals surface area contributed by atoms with E-state index in [1.807, 2.05) is 0 Å². The molecule has 0 radical (unpaired) electrons. The summed E-state index contributed by atoms with van der Waals surface area (Å²) in [7, 11) is 2.07. The summed E-state index contributed by atoms with van der Waals surface area (Å²) in [5.74, 6) is 0.994. The van der Waals surface area contributed by atoms with Crippen LogP contribution in [0.1, 0.15) is 46.5 Å². The van der Waals surface area contributed by atoms with Crippen LogP contribution in [0.25, 0.3) is 0 Å². The molecule has 0 aromatic rings. The van der Waals surface area contributed by atoms with Crippen LogP contribution in [0.3, 0.4) is 0 Å². The summed E-state index contributed by atoms with van der Waals surface area (Å²) in [5.41, 5.74) is 0.452. The summed E-state index contributed by atoms with van der Waals surface area (Å²) in [5, 5.41) is 3.34. The van der Waals surface area contributed by atoms with E-state index in [0.717, 1.165) is 12.5 Å². The fourth-order valence-corrected chi connectivity index (χ4v) is 2.81. The van der Waals surface area contributed by atoms with Gasteiger partial charge in [-0.2, -0.15) is 0 Å². The van der Waals surface area contributed by atoms with Crippen molar-refractivity contribution in [3.63, 3.8) is 0 Å². The highest BCUT2D eigenvalue weighted by atomic mass is 15.1. The van der Waals surface area contributed by atoms with Crippen molar-refractivity contribution in [2.45, 2.75) is 46.5 Å². The highest BCUT2D eigenvalue weighted by Gasteiger charge is 2.26. The zero-order chi connectivity index (χ0) is 12.0. The number of hydrogen-bond donors (Lipinski definition) is 1. The first kappa shape index (κ1) is 14.0. The number of rotatable bonds is 6. The minimum atomic E-state index is 0.452. The van der Waals surface area contributed by atoms with Crippen molar-refractivity contribution >= 4 is 0 Å². The van der Waals surface area contributed by atoms with E-state index in [1.165, 1.54) is 45.3 Å². The molecular formula is C14H30N2. The molecule has 0 amide bonds. The molecule has 0 spiro atoms. The average molecular weight is 226 g/mol. The highest BCUT2D eigenvalue weighted by molar-refractivity contribution is 4.81. The van der Waals surface area contributed by atoms with E-state index in [1.54, 1.807) is 0 Å². The van der Waals surface area contributed by atoms with Gasteiger partial charge in [-0.25, -0.2) is 0 Å². The maximum atomic E-state index is 3.34.